The largest absolute Gasteiger partial charge is 0.465 e. The van der Waals surface area contributed by atoms with Gasteiger partial charge in [-0.05, 0) is 25.2 Å². The Hall–Kier alpha value is -0.530. The second-order valence-corrected chi connectivity index (χ2v) is 16.3. The first-order valence-electron chi connectivity index (χ1n) is 23.4. The minimum atomic E-state index is 0.0622. The van der Waals surface area contributed by atoms with E-state index in [2.05, 4.69) is 20.8 Å². The molecule has 0 aliphatic heterocycles. The normalized spacial score (nSPS) is 12.1. The molecule has 2 nitrogen and oxygen atoms in total. The predicted octanol–water partition coefficient (Wildman–Crippen LogP) is 17.2. The molecule has 1 unspecified atom stereocenters. The summed E-state index contributed by atoms with van der Waals surface area (Å²) in [7, 11) is 0. The summed E-state index contributed by atoms with van der Waals surface area (Å²) >= 11 is 0. The van der Waals surface area contributed by atoms with Crippen LogP contribution in [0.1, 0.15) is 284 Å². The number of esters is 1. The van der Waals surface area contributed by atoms with E-state index in [-0.39, 0.29) is 5.97 Å². The summed E-state index contributed by atoms with van der Waals surface area (Å²) in [5.41, 5.74) is 0. The molecule has 0 aromatic carbocycles. The van der Waals surface area contributed by atoms with Crippen LogP contribution in [-0.2, 0) is 9.53 Å². The van der Waals surface area contributed by atoms with Crippen LogP contribution in [0.25, 0.3) is 0 Å². The fraction of sp³-hybridized carbons (Fsp3) is 0.979. The lowest BCUT2D eigenvalue weighted by Crippen LogP contribution is -2.14. The van der Waals surface area contributed by atoms with Crippen molar-refractivity contribution in [2.75, 3.05) is 6.61 Å². The molecule has 2 heteroatoms. The zero-order valence-corrected chi connectivity index (χ0v) is 34.6. The van der Waals surface area contributed by atoms with Crippen molar-refractivity contribution in [1.29, 1.82) is 0 Å². The number of unbranched alkanes of at least 4 members (excludes halogenated alkanes) is 35. The van der Waals surface area contributed by atoms with E-state index in [0.717, 1.165) is 6.42 Å². The highest BCUT2D eigenvalue weighted by Gasteiger charge is 2.12. The van der Waals surface area contributed by atoms with E-state index in [1.165, 1.54) is 250 Å². The Morgan fingerprint density at radius 1 is 0.327 bits per heavy atom. The third kappa shape index (κ3) is 41.8. The summed E-state index contributed by atoms with van der Waals surface area (Å²) < 4.78 is 5.88. The van der Waals surface area contributed by atoms with Crippen molar-refractivity contribution in [2.45, 2.75) is 284 Å². The molecule has 0 saturated carbocycles. The summed E-state index contributed by atoms with van der Waals surface area (Å²) in [5, 5.41) is 0. The summed E-state index contributed by atoms with van der Waals surface area (Å²) in [5.74, 6) is 0.639. The van der Waals surface area contributed by atoms with E-state index < -0.39 is 0 Å². The minimum absolute atomic E-state index is 0.0622. The lowest BCUT2D eigenvalue weighted by Gasteiger charge is -2.17. The van der Waals surface area contributed by atoms with Gasteiger partial charge in [0.1, 0.15) is 0 Å². The van der Waals surface area contributed by atoms with Crippen LogP contribution in [0.2, 0.25) is 0 Å². The topological polar surface area (TPSA) is 26.3 Å². The van der Waals surface area contributed by atoms with Gasteiger partial charge in [0.2, 0.25) is 0 Å². The predicted molar refractivity (Wildman–Crippen MR) is 221 cm³/mol. The smallest absolute Gasteiger partial charge is 0.305 e. The Morgan fingerprint density at radius 2 is 0.551 bits per heavy atom. The first-order valence-corrected chi connectivity index (χ1v) is 23.4. The number of ether oxygens (including phenoxy) is 1. The van der Waals surface area contributed by atoms with E-state index in [0.29, 0.717) is 18.9 Å². The van der Waals surface area contributed by atoms with Gasteiger partial charge in [-0.1, -0.05) is 258 Å². The highest BCUT2D eigenvalue weighted by atomic mass is 16.5. The minimum Gasteiger partial charge on any atom is -0.465 e. The van der Waals surface area contributed by atoms with Crippen molar-refractivity contribution in [3.8, 4) is 0 Å². The molecule has 0 aliphatic carbocycles. The van der Waals surface area contributed by atoms with Gasteiger partial charge in [-0.3, -0.25) is 4.79 Å². The molecule has 0 N–H and O–H groups in total. The molecule has 0 rings (SSSR count). The molecule has 0 fully saturated rings. The van der Waals surface area contributed by atoms with Crippen LogP contribution in [0.3, 0.4) is 0 Å². The van der Waals surface area contributed by atoms with Gasteiger partial charge in [-0.15, -0.1) is 0 Å². The fourth-order valence-electron chi connectivity index (χ4n) is 7.61. The molecule has 0 aromatic heterocycles. The zero-order valence-electron chi connectivity index (χ0n) is 34.6. The lowest BCUT2D eigenvalue weighted by atomic mass is 9.94. The number of hydrogen-bond acceptors (Lipinski definition) is 2. The highest BCUT2D eigenvalue weighted by Crippen LogP contribution is 2.21. The van der Waals surface area contributed by atoms with Gasteiger partial charge in [0.05, 0.1) is 6.61 Å². The van der Waals surface area contributed by atoms with Crippen molar-refractivity contribution < 1.29 is 9.53 Å². The summed E-state index contributed by atoms with van der Waals surface area (Å²) in [6.07, 6.45) is 55.8. The van der Waals surface area contributed by atoms with Crippen molar-refractivity contribution in [3.63, 3.8) is 0 Å². The van der Waals surface area contributed by atoms with Crippen LogP contribution in [0.15, 0.2) is 0 Å². The maximum absolute atomic E-state index is 12.6. The number of carbonyl (C=O) groups excluding carboxylic acids is 1. The average molecular weight is 691 g/mol. The molecule has 0 radical (unpaired) electrons. The van der Waals surface area contributed by atoms with Gasteiger partial charge in [0, 0.05) is 6.42 Å². The van der Waals surface area contributed by atoms with Gasteiger partial charge in [0.25, 0.3) is 0 Å². The van der Waals surface area contributed by atoms with Crippen molar-refractivity contribution in [3.05, 3.63) is 0 Å². The van der Waals surface area contributed by atoms with E-state index in [4.69, 9.17) is 4.74 Å². The quantitative estimate of drug-likeness (QED) is 0.0470. The van der Waals surface area contributed by atoms with Gasteiger partial charge < -0.3 is 4.74 Å². The van der Waals surface area contributed by atoms with Gasteiger partial charge in [0.15, 0.2) is 0 Å². The fourth-order valence-corrected chi connectivity index (χ4v) is 7.61. The molecule has 0 spiro atoms. The average Bonchev–Trinajstić information content (AvgIpc) is 3.11. The van der Waals surface area contributed by atoms with Crippen molar-refractivity contribution in [1.82, 2.24) is 0 Å². The van der Waals surface area contributed by atoms with Crippen LogP contribution >= 0.6 is 0 Å². The van der Waals surface area contributed by atoms with E-state index in [1.54, 1.807) is 0 Å². The molecule has 1 atom stereocenters. The molecule has 0 aliphatic rings. The first-order chi connectivity index (χ1) is 24.2. The summed E-state index contributed by atoms with van der Waals surface area (Å²) in [6, 6.07) is 0. The van der Waals surface area contributed by atoms with Crippen molar-refractivity contribution >= 4 is 5.97 Å². The number of rotatable bonds is 43. The van der Waals surface area contributed by atoms with Crippen LogP contribution in [-0.4, -0.2) is 12.6 Å². The maximum atomic E-state index is 12.6. The zero-order chi connectivity index (χ0) is 35.6. The molecule has 294 valence electrons. The first kappa shape index (κ1) is 48.5. The van der Waals surface area contributed by atoms with Gasteiger partial charge in [-0.25, -0.2) is 0 Å². The molecule has 49 heavy (non-hydrogen) atoms. The Labute approximate surface area is 311 Å². The number of carbonyl (C=O) groups is 1. The van der Waals surface area contributed by atoms with Crippen LogP contribution in [0.4, 0.5) is 0 Å². The third-order valence-corrected chi connectivity index (χ3v) is 11.1. The molecule has 0 saturated heterocycles. The third-order valence-electron chi connectivity index (χ3n) is 11.1. The highest BCUT2D eigenvalue weighted by molar-refractivity contribution is 5.69. The Balaban J connectivity index is 3.85. The Morgan fingerprint density at radius 3 is 0.816 bits per heavy atom. The van der Waals surface area contributed by atoms with Gasteiger partial charge >= 0.3 is 5.97 Å². The second-order valence-electron chi connectivity index (χ2n) is 16.3. The van der Waals surface area contributed by atoms with Crippen molar-refractivity contribution in [2.24, 2.45) is 5.92 Å². The van der Waals surface area contributed by atoms with Crippen LogP contribution < -0.4 is 0 Å². The maximum Gasteiger partial charge on any atom is 0.305 e. The molecule has 0 heterocycles. The van der Waals surface area contributed by atoms with E-state index in [1.807, 2.05) is 0 Å². The SMILES string of the molecule is CCCCCCCCCCCCCCCCCCCCCC(=O)OCC(CCCCCCCCCCC)CCCCCCCCCCCC. The Bertz CT molecular complexity index is 601. The van der Waals surface area contributed by atoms with Crippen LogP contribution in [0, 0.1) is 5.92 Å². The molecular weight excluding hydrogens is 597 g/mol. The molecule has 0 bridgehead atoms. The van der Waals surface area contributed by atoms with E-state index in [9.17, 15) is 4.79 Å². The molecule has 0 amide bonds. The summed E-state index contributed by atoms with van der Waals surface area (Å²) in [6.45, 7) is 7.57. The second kappa shape index (κ2) is 43.6. The van der Waals surface area contributed by atoms with Crippen LogP contribution in [0.5, 0.6) is 0 Å². The lowest BCUT2D eigenvalue weighted by molar-refractivity contribution is -0.145. The Kier molecular flexibility index (Phi) is 43.2. The molecule has 0 aromatic rings. The van der Waals surface area contributed by atoms with E-state index >= 15 is 0 Å². The van der Waals surface area contributed by atoms with Gasteiger partial charge in [-0.2, -0.15) is 0 Å². The standard InChI is InChI=1S/C47H94O2/c1-4-7-10-13-16-19-21-22-23-24-25-26-27-28-29-32-35-38-41-44-47(48)49-45-46(42-39-36-33-30-18-15-12-9-6-3)43-40-37-34-31-20-17-14-11-8-5-2/h46H,4-45H2,1-3H3. The molecular formula is C47H94O2. The summed E-state index contributed by atoms with van der Waals surface area (Å²) in [4.78, 5) is 12.6. The monoisotopic (exact) mass is 691 g/mol. The number of hydrogen-bond donors (Lipinski definition) is 0.